The molecule has 166 valence electrons. The van der Waals surface area contributed by atoms with Crippen LogP contribution in [0.15, 0.2) is 60.7 Å². The molecule has 2 aromatic carbocycles. The second-order valence-electron chi connectivity index (χ2n) is 8.05. The standard InChI is InChI=1S/C25H27FN4O2/c1-17(20-4-3-5-22(16-20)32-2)27-25(31)19-12-14-30(15-13-19)24-11-10-23(28-29-24)18-6-8-21(26)9-7-18/h3-11,16-17,19H,12-15H2,1-2H3,(H,27,31)/t17-/m1/s1. The molecule has 1 N–H and O–H groups in total. The lowest BCUT2D eigenvalue weighted by Gasteiger charge is -2.32. The Morgan fingerprint density at radius 1 is 1.09 bits per heavy atom. The Balaban J connectivity index is 1.31. The quantitative estimate of drug-likeness (QED) is 0.623. The average molecular weight is 435 g/mol. The van der Waals surface area contributed by atoms with Gasteiger partial charge in [0.25, 0.3) is 0 Å². The smallest absolute Gasteiger partial charge is 0.223 e. The number of nitrogens with one attached hydrogen (secondary N) is 1. The lowest BCUT2D eigenvalue weighted by Crippen LogP contribution is -2.41. The largest absolute Gasteiger partial charge is 0.497 e. The molecule has 1 aliphatic rings. The van der Waals surface area contributed by atoms with Crippen molar-refractivity contribution in [3.8, 4) is 17.0 Å². The van der Waals surface area contributed by atoms with Crippen molar-refractivity contribution in [3.63, 3.8) is 0 Å². The Hall–Kier alpha value is -3.48. The van der Waals surface area contributed by atoms with Gasteiger partial charge in [-0.05, 0) is 73.9 Å². The lowest BCUT2D eigenvalue weighted by atomic mass is 9.95. The summed E-state index contributed by atoms with van der Waals surface area (Å²) in [6.45, 7) is 3.48. The molecular weight excluding hydrogens is 407 g/mol. The van der Waals surface area contributed by atoms with Crippen molar-refractivity contribution in [2.45, 2.75) is 25.8 Å². The van der Waals surface area contributed by atoms with E-state index < -0.39 is 0 Å². The number of hydrogen-bond acceptors (Lipinski definition) is 5. The van der Waals surface area contributed by atoms with Gasteiger partial charge in [-0.3, -0.25) is 4.79 Å². The van der Waals surface area contributed by atoms with E-state index in [9.17, 15) is 9.18 Å². The van der Waals surface area contributed by atoms with Gasteiger partial charge in [0.2, 0.25) is 5.91 Å². The van der Waals surface area contributed by atoms with E-state index in [1.165, 1.54) is 12.1 Å². The van der Waals surface area contributed by atoms with Crippen molar-refractivity contribution in [1.82, 2.24) is 15.5 Å². The molecule has 2 heterocycles. The SMILES string of the molecule is COc1cccc([C@@H](C)NC(=O)C2CCN(c3ccc(-c4ccc(F)cc4)nn3)CC2)c1. The second-order valence-corrected chi connectivity index (χ2v) is 8.05. The van der Waals surface area contributed by atoms with Crippen molar-refractivity contribution in [2.24, 2.45) is 5.92 Å². The van der Waals surface area contributed by atoms with E-state index in [4.69, 9.17) is 4.74 Å². The number of hydrogen-bond donors (Lipinski definition) is 1. The van der Waals surface area contributed by atoms with E-state index in [2.05, 4.69) is 20.4 Å². The fourth-order valence-electron chi connectivity index (χ4n) is 3.96. The Labute approximate surface area is 187 Å². The van der Waals surface area contributed by atoms with Crippen molar-refractivity contribution < 1.29 is 13.9 Å². The Bertz CT molecular complexity index is 1050. The van der Waals surface area contributed by atoms with Crippen LogP contribution in [0.1, 0.15) is 31.4 Å². The molecule has 1 saturated heterocycles. The van der Waals surface area contributed by atoms with Crippen LogP contribution in [0.2, 0.25) is 0 Å². The summed E-state index contributed by atoms with van der Waals surface area (Å²) in [4.78, 5) is 14.9. The maximum atomic E-state index is 13.1. The van der Waals surface area contributed by atoms with E-state index in [1.807, 2.05) is 43.3 Å². The van der Waals surface area contributed by atoms with Crippen LogP contribution in [0.25, 0.3) is 11.3 Å². The fraction of sp³-hybridized carbons (Fsp3) is 0.320. The molecule has 0 saturated carbocycles. The van der Waals surface area contributed by atoms with Gasteiger partial charge in [-0.1, -0.05) is 12.1 Å². The summed E-state index contributed by atoms with van der Waals surface area (Å²) in [5.74, 6) is 1.36. The van der Waals surface area contributed by atoms with E-state index in [0.717, 1.165) is 48.6 Å². The molecule has 32 heavy (non-hydrogen) atoms. The third kappa shape index (κ3) is 5.04. The monoisotopic (exact) mass is 434 g/mol. The first-order chi connectivity index (χ1) is 15.5. The topological polar surface area (TPSA) is 67.3 Å². The van der Waals surface area contributed by atoms with Crippen LogP contribution in [0.4, 0.5) is 10.2 Å². The van der Waals surface area contributed by atoms with Gasteiger partial charge in [-0.15, -0.1) is 10.2 Å². The molecule has 1 aliphatic heterocycles. The average Bonchev–Trinajstić information content (AvgIpc) is 2.84. The molecule has 0 radical (unpaired) electrons. The summed E-state index contributed by atoms with van der Waals surface area (Å²) < 4.78 is 18.4. The second kappa shape index (κ2) is 9.77. The van der Waals surface area contributed by atoms with Gasteiger partial charge in [-0.25, -0.2) is 4.39 Å². The normalized spacial score (nSPS) is 15.3. The molecule has 0 unspecified atom stereocenters. The summed E-state index contributed by atoms with van der Waals surface area (Å²) in [5, 5.41) is 11.8. The highest BCUT2D eigenvalue weighted by molar-refractivity contribution is 5.79. The highest BCUT2D eigenvalue weighted by atomic mass is 19.1. The van der Waals surface area contributed by atoms with Crippen LogP contribution in [-0.2, 0) is 4.79 Å². The maximum absolute atomic E-state index is 13.1. The number of benzene rings is 2. The van der Waals surface area contributed by atoms with Crippen LogP contribution >= 0.6 is 0 Å². The molecule has 1 aromatic heterocycles. The number of rotatable bonds is 6. The highest BCUT2D eigenvalue weighted by Crippen LogP contribution is 2.25. The van der Waals surface area contributed by atoms with Crippen LogP contribution in [0, 0.1) is 11.7 Å². The number of methoxy groups -OCH3 is 1. The number of nitrogens with zero attached hydrogens (tertiary/aromatic N) is 3. The molecule has 1 fully saturated rings. The summed E-state index contributed by atoms with van der Waals surface area (Å²) in [5.41, 5.74) is 2.55. The van der Waals surface area contributed by atoms with Gasteiger partial charge in [-0.2, -0.15) is 0 Å². The van der Waals surface area contributed by atoms with E-state index in [0.29, 0.717) is 5.69 Å². The van der Waals surface area contributed by atoms with Crippen molar-refractivity contribution >= 4 is 11.7 Å². The first-order valence-electron chi connectivity index (χ1n) is 10.8. The lowest BCUT2D eigenvalue weighted by molar-refractivity contribution is -0.126. The molecule has 0 spiro atoms. The van der Waals surface area contributed by atoms with Gasteiger partial charge in [0.05, 0.1) is 18.8 Å². The Kier molecular flexibility index (Phi) is 6.63. The number of anilines is 1. The molecule has 3 aromatic rings. The van der Waals surface area contributed by atoms with Gasteiger partial charge in [0.1, 0.15) is 11.6 Å². The predicted molar refractivity (Wildman–Crippen MR) is 122 cm³/mol. The third-order valence-electron chi connectivity index (χ3n) is 5.93. The van der Waals surface area contributed by atoms with E-state index >= 15 is 0 Å². The summed E-state index contributed by atoms with van der Waals surface area (Å²) in [6.07, 6.45) is 1.52. The van der Waals surface area contributed by atoms with E-state index in [-0.39, 0.29) is 23.7 Å². The molecular formula is C25H27FN4O2. The van der Waals surface area contributed by atoms with Crippen LogP contribution in [0.3, 0.4) is 0 Å². The maximum Gasteiger partial charge on any atom is 0.223 e. The minimum Gasteiger partial charge on any atom is -0.497 e. The first-order valence-corrected chi connectivity index (χ1v) is 10.8. The minimum absolute atomic E-state index is 0.0224. The molecule has 7 heteroatoms. The number of halogens is 1. The molecule has 6 nitrogen and oxygen atoms in total. The Morgan fingerprint density at radius 2 is 1.84 bits per heavy atom. The molecule has 0 bridgehead atoms. The zero-order valence-corrected chi connectivity index (χ0v) is 18.3. The number of ether oxygens (including phenoxy) is 1. The summed E-state index contributed by atoms with van der Waals surface area (Å²) in [7, 11) is 1.64. The van der Waals surface area contributed by atoms with Crippen LogP contribution < -0.4 is 15.0 Å². The van der Waals surface area contributed by atoms with Gasteiger partial charge in [0, 0.05) is 24.6 Å². The number of piperidine rings is 1. The molecule has 1 atom stereocenters. The summed E-state index contributed by atoms with van der Waals surface area (Å²) >= 11 is 0. The fourth-order valence-corrected chi connectivity index (χ4v) is 3.96. The van der Waals surface area contributed by atoms with Gasteiger partial charge < -0.3 is 15.0 Å². The zero-order valence-electron chi connectivity index (χ0n) is 18.3. The van der Waals surface area contributed by atoms with Gasteiger partial charge >= 0.3 is 0 Å². The number of carbonyl (C=O) groups is 1. The number of carbonyl (C=O) groups excluding carboxylic acids is 1. The van der Waals surface area contributed by atoms with Crippen molar-refractivity contribution in [1.29, 1.82) is 0 Å². The Morgan fingerprint density at radius 3 is 2.50 bits per heavy atom. The van der Waals surface area contributed by atoms with Crippen LogP contribution in [-0.4, -0.2) is 36.3 Å². The van der Waals surface area contributed by atoms with Crippen molar-refractivity contribution in [3.05, 3.63) is 72.0 Å². The van der Waals surface area contributed by atoms with Gasteiger partial charge in [0.15, 0.2) is 5.82 Å². The first kappa shape index (κ1) is 21.7. The zero-order chi connectivity index (χ0) is 22.5. The van der Waals surface area contributed by atoms with Crippen LogP contribution in [0.5, 0.6) is 5.75 Å². The predicted octanol–water partition coefficient (Wildman–Crippen LogP) is 4.39. The van der Waals surface area contributed by atoms with Crippen molar-refractivity contribution in [2.75, 3.05) is 25.1 Å². The third-order valence-corrected chi connectivity index (χ3v) is 5.93. The number of aromatic nitrogens is 2. The minimum atomic E-state index is -0.275. The molecule has 4 rings (SSSR count). The van der Waals surface area contributed by atoms with E-state index in [1.54, 1.807) is 19.2 Å². The highest BCUT2D eigenvalue weighted by Gasteiger charge is 2.26. The molecule has 1 amide bonds. The molecule has 0 aliphatic carbocycles. The summed E-state index contributed by atoms with van der Waals surface area (Å²) in [6, 6.07) is 17.7. The number of amides is 1.